The molecular weight excluding hydrogens is 230 g/mol. The number of aliphatic carboxylic acids is 1. The lowest BCUT2D eigenvalue weighted by atomic mass is 10.2. The molecule has 1 saturated heterocycles. The van der Waals surface area contributed by atoms with Gasteiger partial charge in [0.25, 0.3) is 0 Å². The van der Waals surface area contributed by atoms with Crippen molar-refractivity contribution in [1.29, 1.82) is 0 Å². The Labute approximate surface area is 98.5 Å². The van der Waals surface area contributed by atoms with Gasteiger partial charge in [0.15, 0.2) is 11.5 Å². The van der Waals surface area contributed by atoms with Gasteiger partial charge in [-0.25, -0.2) is 9.79 Å². The first-order chi connectivity index (χ1) is 7.46. The average molecular weight is 245 g/mol. The highest BCUT2D eigenvalue weighted by Crippen LogP contribution is 2.22. The second-order valence-corrected chi connectivity index (χ2v) is 4.39. The van der Waals surface area contributed by atoms with E-state index in [1.54, 1.807) is 13.8 Å². The first-order valence-corrected chi connectivity index (χ1v) is 6.03. The van der Waals surface area contributed by atoms with Crippen molar-refractivity contribution in [2.75, 3.05) is 19.5 Å². The molecule has 90 valence electrons. The number of nitrogens with zero attached hydrogens (tertiary/aromatic N) is 1. The highest BCUT2D eigenvalue weighted by molar-refractivity contribution is 8.11. The number of carboxylic acid groups (broad SMARTS) is 1. The normalized spacial score (nSPS) is 20.1. The summed E-state index contributed by atoms with van der Waals surface area (Å²) in [5.41, 5.74) is 2.04. The monoisotopic (exact) mass is 245 g/mol. The van der Waals surface area contributed by atoms with Crippen LogP contribution in [0, 0.1) is 0 Å². The molecule has 1 rings (SSSR count). The van der Waals surface area contributed by atoms with E-state index in [0.717, 1.165) is 0 Å². The van der Waals surface area contributed by atoms with E-state index in [1.807, 2.05) is 6.26 Å². The Kier molecular flexibility index (Phi) is 4.52. The van der Waals surface area contributed by atoms with Gasteiger partial charge in [-0.2, -0.15) is 0 Å². The number of aliphatic imine (C=N–C) groups is 1. The Morgan fingerprint density at radius 1 is 1.50 bits per heavy atom. The van der Waals surface area contributed by atoms with Crippen LogP contribution in [-0.4, -0.2) is 41.9 Å². The summed E-state index contributed by atoms with van der Waals surface area (Å²) in [6.07, 6.45) is 1.81. The SMILES string of the molecule is CSC=NC(C(=O)O)=C1COC(C)(C)OC1. The van der Waals surface area contributed by atoms with E-state index in [0.29, 0.717) is 5.57 Å². The predicted octanol–water partition coefficient (Wildman–Crippen LogP) is 1.50. The van der Waals surface area contributed by atoms with Crippen LogP contribution in [0.3, 0.4) is 0 Å². The number of rotatable bonds is 3. The fraction of sp³-hybridized carbons (Fsp3) is 0.600. The lowest BCUT2D eigenvalue weighted by molar-refractivity contribution is -0.226. The summed E-state index contributed by atoms with van der Waals surface area (Å²) in [5, 5.41) is 8.99. The van der Waals surface area contributed by atoms with Crippen LogP contribution in [0.15, 0.2) is 16.3 Å². The van der Waals surface area contributed by atoms with Gasteiger partial charge in [0.1, 0.15) is 0 Å². The van der Waals surface area contributed by atoms with Gasteiger partial charge in [0, 0.05) is 5.57 Å². The van der Waals surface area contributed by atoms with E-state index in [-0.39, 0.29) is 18.9 Å². The Hall–Kier alpha value is -0.850. The summed E-state index contributed by atoms with van der Waals surface area (Å²) in [4.78, 5) is 14.8. The maximum Gasteiger partial charge on any atom is 0.354 e. The first kappa shape index (κ1) is 13.2. The zero-order valence-electron chi connectivity index (χ0n) is 9.52. The molecule has 0 aromatic heterocycles. The quantitative estimate of drug-likeness (QED) is 0.463. The third kappa shape index (κ3) is 3.62. The largest absolute Gasteiger partial charge is 0.477 e. The molecule has 0 aromatic carbocycles. The maximum absolute atomic E-state index is 11.0. The van der Waals surface area contributed by atoms with Crippen molar-refractivity contribution >= 4 is 23.3 Å². The van der Waals surface area contributed by atoms with Crippen LogP contribution in [0.1, 0.15) is 13.8 Å². The summed E-state index contributed by atoms with van der Waals surface area (Å²) in [7, 11) is 0. The summed E-state index contributed by atoms with van der Waals surface area (Å²) in [6.45, 7) is 4.05. The molecule has 6 heteroatoms. The summed E-state index contributed by atoms with van der Waals surface area (Å²) in [5.74, 6) is -1.72. The van der Waals surface area contributed by atoms with Gasteiger partial charge in [-0.1, -0.05) is 0 Å². The van der Waals surface area contributed by atoms with E-state index in [2.05, 4.69) is 4.99 Å². The number of hydrogen-bond acceptors (Lipinski definition) is 5. The fourth-order valence-electron chi connectivity index (χ4n) is 1.15. The molecule has 0 saturated carbocycles. The van der Waals surface area contributed by atoms with E-state index in [1.165, 1.54) is 17.3 Å². The second-order valence-electron chi connectivity index (χ2n) is 3.70. The third-order valence-corrected chi connectivity index (χ3v) is 2.33. The highest BCUT2D eigenvalue weighted by Gasteiger charge is 2.27. The molecule has 0 atom stereocenters. The van der Waals surface area contributed by atoms with Crippen LogP contribution in [0.25, 0.3) is 0 Å². The Bertz CT molecular complexity index is 324. The van der Waals surface area contributed by atoms with Gasteiger partial charge in [-0.05, 0) is 20.1 Å². The second kappa shape index (κ2) is 5.47. The van der Waals surface area contributed by atoms with Gasteiger partial charge < -0.3 is 14.6 Å². The molecule has 1 fully saturated rings. The molecule has 16 heavy (non-hydrogen) atoms. The fourth-order valence-corrected chi connectivity index (χ4v) is 1.36. The van der Waals surface area contributed by atoms with Crippen LogP contribution >= 0.6 is 11.8 Å². The van der Waals surface area contributed by atoms with Crippen molar-refractivity contribution in [3.63, 3.8) is 0 Å². The van der Waals surface area contributed by atoms with Crippen molar-refractivity contribution < 1.29 is 19.4 Å². The van der Waals surface area contributed by atoms with Gasteiger partial charge >= 0.3 is 5.97 Å². The van der Waals surface area contributed by atoms with Crippen LogP contribution in [0.2, 0.25) is 0 Å². The molecule has 0 radical (unpaired) electrons. The molecule has 1 aliphatic heterocycles. The minimum atomic E-state index is -1.06. The van der Waals surface area contributed by atoms with Gasteiger partial charge in [-0.3, -0.25) is 0 Å². The van der Waals surface area contributed by atoms with E-state index in [4.69, 9.17) is 14.6 Å². The Balaban J connectivity index is 2.84. The van der Waals surface area contributed by atoms with E-state index in [9.17, 15) is 4.79 Å². The molecule has 1 N–H and O–H groups in total. The predicted molar refractivity (Wildman–Crippen MR) is 62.7 cm³/mol. The number of thioether (sulfide) groups is 1. The Morgan fingerprint density at radius 2 is 2.06 bits per heavy atom. The lowest BCUT2D eigenvalue weighted by Gasteiger charge is -2.31. The zero-order chi connectivity index (χ0) is 12.2. The van der Waals surface area contributed by atoms with Crippen molar-refractivity contribution in [2.24, 2.45) is 4.99 Å². The van der Waals surface area contributed by atoms with Crippen LogP contribution < -0.4 is 0 Å². The topological polar surface area (TPSA) is 68.1 Å². The molecule has 1 aliphatic rings. The summed E-state index contributed by atoms with van der Waals surface area (Å²) < 4.78 is 10.7. The summed E-state index contributed by atoms with van der Waals surface area (Å²) >= 11 is 1.34. The molecule has 0 bridgehead atoms. The van der Waals surface area contributed by atoms with E-state index < -0.39 is 11.8 Å². The maximum atomic E-state index is 11.0. The molecule has 0 unspecified atom stereocenters. The van der Waals surface area contributed by atoms with Gasteiger partial charge in [0.05, 0.1) is 18.8 Å². The van der Waals surface area contributed by atoms with Crippen molar-refractivity contribution in [3.8, 4) is 0 Å². The number of ether oxygens (including phenoxy) is 2. The number of hydrogen-bond donors (Lipinski definition) is 1. The molecule has 5 nitrogen and oxygen atoms in total. The minimum Gasteiger partial charge on any atom is -0.477 e. The van der Waals surface area contributed by atoms with Crippen LogP contribution in [0.4, 0.5) is 0 Å². The third-order valence-electron chi connectivity index (χ3n) is 2.01. The number of carbonyl (C=O) groups is 1. The summed E-state index contributed by atoms with van der Waals surface area (Å²) in [6, 6.07) is 0. The zero-order valence-corrected chi connectivity index (χ0v) is 10.3. The molecule has 0 amide bonds. The van der Waals surface area contributed by atoms with Gasteiger partial charge in [0.2, 0.25) is 0 Å². The standard InChI is InChI=1S/C10H15NO4S/c1-10(2)14-4-7(5-15-10)8(9(12)13)11-6-16-3/h6H,4-5H2,1-3H3,(H,12,13). The molecule has 1 heterocycles. The molecule has 0 aromatic rings. The van der Waals surface area contributed by atoms with Crippen molar-refractivity contribution in [2.45, 2.75) is 19.6 Å². The number of carboxylic acids is 1. The van der Waals surface area contributed by atoms with Gasteiger partial charge in [-0.15, -0.1) is 11.8 Å². The molecular formula is C10H15NO4S. The van der Waals surface area contributed by atoms with Crippen molar-refractivity contribution in [3.05, 3.63) is 11.3 Å². The molecule has 0 aliphatic carbocycles. The van der Waals surface area contributed by atoms with E-state index >= 15 is 0 Å². The van der Waals surface area contributed by atoms with Crippen LogP contribution in [0.5, 0.6) is 0 Å². The average Bonchev–Trinajstić information content (AvgIpc) is 2.20. The highest BCUT2D eigenvalue weighted by atomic mass is 32.2. The van der Waals surface area contributed by atoms with Crippen molar-refractivity contribution in [1.82, 2.24) is 0 Å². The smallest absolute Gasteiger partial charge is 0.354 e. The van der Waals surface area contributed by atoms with Crippen LogP contribution in [-0.2, 0) is 14.3 Å². The lowest BCUT2D eigenvalue weighted by Crippen LogP contribution is -2.36. The minimum absolute atomic E-state index is 0.00449. The first-order valence-electron chi connectivity index (χ1n) is 4.75. The molecule has 0 spiro atoms. The Morgan fingerprint density at radius 3 is 2.50 bits per heavy atom.